The molecule has 0 radical (unpaired) electrons. The van der Waals surface area contributed by atoms with Gasteiger partial charge in [0.05, 0.1) is 17.1 Å². The van der Waals surface area contributed by atoms with Crippen molar-refractivity contribution in [3.8, 4) is 0 Å². The number of amides is 1. The Balaban J connectivity index is 0.00000162. The highest BCUT2D eigenvalue weighted by atomic mass is 35.5. The van der Waals surface area contributed by atoms with Gasteiger partial charge < -0.3 is 11.1 Å². The molecule has 0 aliphatic heterocycles. The summed E-state index contributed by atoms with van der Waals surface area (Å²) in [6, 6.07) is 0.126. The van der Waals surface area contributed by atoms with Gasteiger partial charge in [-0.05, 0) is 25.2 Å². The van der Waals surface area contributed by atoms with Crippen molar-refractivity contribution in [2.75, 3.05) is 6.54 Å². The maximum atomic E-state index is 11.7. The van der Waals surface area contributed by atoms with Crippen molar-refractivity contribution < 1.29 is 4.79 Å². The molecule has 0 saturated heterocycles. The van der Waals surface area contributed by atoms with Crippen LogP contribution in [0.4, 0.5) is 0 Å². The number of rotatable bonds is 6. The first-order chi connectivity index (χ1) is 8.19. The Kier molecular flexibility index (Phi) is 8.57. The topological polar surface area (TPSA) is 68.0 Å². The van der Waals surface area contributed by atoms with E-state index in [1.807, 2.05) is 5.38 Å². The maximum Gasteiger partial charge on any atom is 0.226 e. The van der Waals surface area contributed by atoms with E-state index < -0.39 is 0 Å². The molecule has 7 heteroatoms. The second-order valence-electron chi connectivity index (χ2n) is 4.57. The van der Waals surface area contributed by atoms with Crippen LogP contribution in [0.5, 0.6) is 0 Å². The quantitative estimate of drug-likeness (QED) is 0.839. The van der Waals surface area contributed by atoms with Crippen molar-refractivity contribution in [2.24, 2.45) is 11.7 Å². The number of halogens is 2. The summed E-state index contributed by atoms with van der Waals surface area (Å²) in [7, 11) is 0. The molecule has 1 aliphatic carbocycles. The van der Waals surface area contributed by atoms with Gasteiger partial charge in [-0.15, -0.1) is 36.2 Å². The van der Waals surface area contributed by atoms with E-state index in [-0.39, 0.29) is 36.8 Å². The van der Waals surface area contributed by atoms with E-state index in [0.717, 1.165) is 17.1 Å². The molecule has 4 nitrogen and oxygen atoms in total. The van der Waals surface area contributed by atoms with Crippen molar-refractivity contribution in [3.05, 3.63) is 16.1 Å². The van der Waals surface area contributed by atoms with Crippen LogP contribution in [-0.2, 0) is 17.6 Å². The van der Waals surface area contributed by atoms with Crippen LogP contribution in [0.2, 0.25) is 0 Å². The number of hydrogen-bond acceptors (Lipinski definition) is 4. The average molecular weight is 326 g/mol. The first-order valence-electron chi connectivity index (χ1n) is 6.14. The van der Waals surface area contributed by atoms with Gasteiger partial charge in [0.15, 0.2) is 0 Å². The SMILES string of the molecule is CCc1nc(CC(=O)NCC(N)C2CC2)cs1.Cl.Cl. The lowest BCUT2D eigenvalue weighted by atomic mass is 10.2. The summed E-state index contributed by atoms with van der Waals surface area (Å²) in [5, 5.41) is 5.92. The molecule has 1 aliphatic rings. The fraction of sp³-hybridized carbons (Fsp3) is 0.667. The summed E-state index contributed by atoms with van der Waals surface area (Å²) in [5.41, 5.74) is 6.78. The highest BCUT2D eigenvalue weighted by Crippen LogP contribution is 2.31. The third-order valence-electron chi connectivity index (χ3n) is 3.01. The Bertz CT molecular complexity index is 396. The largest absolute Gasteiger partial charge is 0.354 e. The summed E-state index contributed by atoms with van der Waals surface area (Å²) in [6.45, 7) is 2.66. The number of nitrogens with one attached hydrogen (secondary N) is 1. The van der Waals surface area contributed by atoms with Crippen LogP contribution in [0.3, 0.4) is 0 Å². The fourth-order valence-corrected chi connectivity index (χ4v) is 2.49. The molecular formula is C12H21Cl2N3OS. The average Bonchev–Trinajstić information content (AvgIpc) is 3.07. The maximum absolute atomic E-state index is 11.7. The number of aromatic nitrogens is 1. The third kappa shape index (κ3) is 6.08. The number of carbonyl (C=O) groups excluding carboxylic acids is 1. The van der Waals surface area contributed by atoms with Gasteiger partial charge in [-0.3, -0.25) is 4.79 Å². The summed E-state index contributed by atoms with van der Waals surface area (Å²) in [6.07, 6.45) is 3.72. The lowest BCUT2D eigenvalue weighted by Gasteiger charge is -2.10. The number of hydrogen-bond donors (Lipinski definition) is 2. The van der Waals surface area contributed by atoms with Crippen LogP contribution in [0.25, 0.3) is 0 Å². The number of nitrogens with zero attached hydrogens (tertiary/aromatic N) is 1. The molecule has 1 aromatic rings. The lowest BCUT2D eigenvalue weighted by Crippen LogP contribution is -2.39. The predicted octanol–water partition coefficient (Wildman–Crippen LogP) is 1.95. The van der Waals surface area contributed by atoms with E-state index >= 15 is 0 Å². The molecule has 19 heavy (non-hydrogen) atoms. The van der Waals surface area contributed by atoms with Gasteiger partial charge in [0.2, 0.25) is 5.91 Å². The minimum Gasteiger partial charge on any atom is -0.354 e. The summed E-state index contributed by atoms with van der Waals surface area (Å²) >= 11 is 1.62. The number of thiazole rings is 1. The molecule has 3 N–H and O–H groups in total. The van der Waals surface area contributed by atoms with Gasteiger partial charge in [0, 0.05) is 18.0 Å². The molecule has 110 valence electrons. The van der Waals surface area contributed by atoms with E-state index in [9.17, 15) is 4.79 Å². The van der Waals surface area contributed by atoms with Crippen LogP contribution in [-0.4, -0.2) is 23.5 Å². The molecule has 1 aromatic heterocycles. The van der Waals surface area contributed by atoms with Gasteiger partial charge in [0.1, 0.15) is 0 Å². The molecule has 1 fully saturated rings. The third-order valence-corrected chi connectivity index (χ3v) is 4.05. The first-order valence-corrected chi connectivity index (χ1v) is 7.02. The number of aryl methyl sites for hydroxylation is 1. The first kappa shape index (κ1) is 18.6. The monoisotopic (exact) mass is 325 g/mol. The van der Waals surface area contributed by atoms with Gasteiger partial charge in [0.25, 0.3) is 0 Å². The Morgan fingerprint density at radius 2 is 2.26 bits per heavy atom. The van der Waals surface area contributed by atoms with E-state index in [2.05, 4.69) is 17.2 Å². The van der Waals surface area contributed by atoms with Crippen LogP contribution in [0, 0.1) is 5.92 Å². The smallest absolute Gasteiger partial charge is 0.226 e. The Morgan fingerprint density at radius 3 is 2.79 bits per heavy atom. The molecule has 1 atom stereocenters. The molecule has 0 spiro atoms. The van der Waals surface area contributed by atoms with Crippen molar-refractivity contribution in [1.82, 2.24) is 10.3 Å². The van der Waals surface area contributed by atoms with Gasteiger partial charge in [-0.1, -0.05) is 6.92 Å². The molecule has 1 saturated carbocycles. The number of nitrogens with two attached hydrogens (primary N) is 1. The molecule has 1 heterocycles. The Hall–Kier alpha value is -0.360. The fourth-order valence-electron chi connectivity index (χ4n) is 1.74. The van der Waals surface area contributed by atoms with Gasteiger partial charge in [-0.2, -0.15) is 0 Å². The zero-order valence-electron chi connectivity index (χ0n) is 10.9. The zero-order chi connectivity index (χ0) is 12.3. The summed E-state index contributed by atoms with van der Waals surface area (Å²) in [5.74, 6) is 0.648. The van der Waals surface area contributed by atoms with E-state index in [0.29, 0.717) is 18.9 Å². The van der Waals surface area contributed by atoms with Crippen LogP contribution < -0.4 is 11.1 Å². The number of carbonyl (C=O) groups is 1. The summed E-state index contributed by atoms with van der Waals surface area (Å²) < 4.78 is 0. The standard InChI is InChI=1S/C12H19N3OS.2ClH/c1-2-12-15-9(7-17-12)5-11(16)14-6-10(13)8-3-4-8;;/h7-8,10H,2-6,13H2,1H3,(H,14,16);2*1H. The molecule has 1 unspecified atom stereocenters. The predicted molar refractivity (Wildman–Crippen MR) is 83.4 cm³/mol. The minimum absolute atomic E-state index is 0. The lowest BCUT2D eigenvalue weighted by molar-refractivity contribution is -0.120. The zero-order valence-corrected chi connectivity index (χ0v) is 13.4. The molecule has 0 bridgehead atoms. The molecular weight excluding hydrogens is 305 g/mol. The van der Waals surface area contributed by atoms with Crippen molar-refractivity contribution in [1.29, 1.82) is 0 Å². The normalized spacial score (nSPS) is 15.1. The Labute approximate surface area is 130 Å². The minimum atomic E-state index is 0. The van der Waals surface area contributed by atoms with Crippen molar-refractivity contribution in [3.63, 3.8) is 0 Å². The highest BCUT2D eigenvalue weighted by Gasteiger charge is 2.28. The second kappa shape index (κ2) is 8.74. The molecule has 1 amide bonds. The second-order valence-corrected chi connectivity index (χ2v) is 5.51. The van der Waals surface area contributed by atoms with Crippen molar-refractivity contribution >= 4 is 42.1 Å². The van der Waals surface area contributed by atoms with Gasteiger partial charge in [-0.25, -0.2) is 4.98 Å². The Morgan fingerprint density at radius 1 is 1.58 bits per heavy atom. The molecule has 0 aromatic carbocycles. The van der Waals surface area contributed by atoms with Crippen LogP contribution in [0.1, 0.15) is 30.5 Å². The molecule has 2 rings (SSSR count). The van der Waals surface area contributed by atoms with Crippen LogP contribution in [0.15, 0.2) is 5.38 Å². The summed E-state index contributed by atoms with van der Waals surface area (Å²) in [4.78, 5) is 16.0. The van der Waals surface area contributed by atoms with E-state index in [4.69, 9.17) is 5.73 Å². The van der Waals surface area contributed by atoms with E-state index in [1.54, 1.807) is 11.3 Å². The highest BCUT2D eigenvalue weighted by molar-refractivity contribution is 7.09. The van der Waals surface area contributed by atoms with E-state index in [1.165, 1.54) is 12.8 Å². The van der Waals surface area contributed by atoms with Crippen LogP contribution >= 0.6 is 36.2 Å². The van der Waals surface area contributed by atoms with Gasteiger partial charge >= 0.3 is 0 Å². The van der Waals surface area contributed by atoms with Crippen molar-refractivity contribution in [2.45, 2.75) is 38.6 Å².